The predicted molar refractivity (Wildman–Crippen MR) is 87.6 cm³/mol. The Labute approximate surface area is 129 Å². The fourth-order valence-electron chi connectivity index (χ4n) is 2.68. The van der Waals surface area contributed by atoms with Crippen LogP contribution in [-0.2, 0) is 20.6 Å². The highest BCUT2D eigenvalue weighted by molar-refractivity contribution is 5.80. The van der Waals surface area contributed by atoms with Crippen LogP contribution in [-0.4, -0.2) is 14.1 Å². The van der Waals surface area contributed by atoms with Gasteiger partial charge in [0.25, 0.3) is 0 Å². The molecule has 0 spiro atoms. The Morgan fingerprint density at radius 2 is 1.95 bits per heavy atom. The van der Waals surface area contributed by atoms with Crippen molar-refractivity contribution in [2.24, 2.45) is 14.1 Å². The van der Waals surface area contributed by atoms with Crippen LogP contribution >= 0.6 is 0 Å². The molecule has 0 aliphatic rings. The molecule has 0 saturated carbocycles. The first-order valence-electron chi connectivity index (χ1n) is 7.23. The first-order valence-corrected chi connectivity index (χ1v) is 7.23. The van der Waals surface area contributed by atoms with Gasteiger partial charge in [-0.15, -0.1) is 0 Å². The average Bonchev–Trinajstić information content (AvgIpc) is 2.95. The number of fused-ring (bicyclic) bond motifs is 1. The lowest BCUT2D eigenvalue weighted by Crippen LogP contribution is -2.01. The number of hydrogen-bond acceptors (Lipinski definition) is 3. The minimum absolute atomic E-state index is 0.685. The molecule has 0 bridgehead atoms. The van der Waals surface area contributed by atoms with Gasteiger partial charge in [-0.05, 0) is 43.7 Å². The largest absolute Gasteiger partial charge is 0.381 e. The minimum atomic E-state index is 0.685. The molecule has 0 fully saturated rings. The molecule has 0 radical (unpaired) electrons. The van der Waals surface area contributed by atoms with Crippen LogP contribution in [0.4, 0.5) is 5.69 Å². The Morgan fingerprint density at radius 1 is 1.18 bits per heavy atom. The first-order chi connectivity index (χ1) is 10.5. The van der Waals surface area contributed by atoms with Gasteiger partial charge in [-0.25, -0.2) is 4.98 Å². The number of nitrogens with one attached hydrogen (secondary N) is 1. The summed E-state index contributed by atoms with van der Waals surface area (Å²) in [4.78, 5) is 4.55. The van der Waals surface area contributed by atoms with Gasteiger partial charge in [-0.1, -0.05) is 0 Å². The quantitative estimate of drug-likeness (QED) is 0.807. The van der Waals surface area contributed by atoms with Crippen LogP contribution in [0.2, 0.25) is 0 Å². The zero-order valence-electron chi connectivity index (χ0n) is 13.3. The fraction of sp³-hybridized carbons (Fsp3) is 0.294. The van der Waals surface area contributed by atoms with E-state index in [1.165, 1.54) is 0 Å². The lowest BCUT2D eigenvalue weighted by atomic mass is 10.2. The molecule has 0 saturated heterocycles. The summed E-state index contributed by atoms with van der Waals surface area (Å²) in [5, 5.41) is 12.5. The standard InChI is InChI=1S/C17H19N5/c1-11-13(7-15(9-18)21(11)3)10-19-14-5-6-17-16(8-14)20-12(2)22(17)4/h5-8,19H,10H2,1-4H3. The van der Waals surface area contributed by atoms with Crippen molar-refractivity contribution in [1.82, 2.24) is 14.1 Å². The summed E-state index contributed by atoms with van der Waals surface area (Å²) in [6.07, 6.45) is 0. The molecule has 0 aliphatic carbocycles. The molecule has 5 heteroatoms. The highest BCUT2D eigenvalue weighted by Crippen LogP contribution is 2.21. The lowest BCUT2D eigenvalue weighted by molar-refractivity contribution is 0.856. The number of anilines is 1. The number of nitriles is 1. The molecule has 0 amide bonds. The highest BCUT2D eigenvalue weighted by Gasteiger charge is 2.09. The van der Waals surface area contributed by atoms with Crippen molar-refractivity contribution in [1.29, 1.82) is 5.26 Å². The second kappa shape index (κ2) is 5.23. The molecule has 1 aromatic carbocycles. The van der Waals surface area contributed by atoms with Crippen molar-refractivity contribution in [2.75, 3.05) is 5.32 Å². The van der Waals surface area contributed by atoms with E-state index in [0.717, 1.165) is 33.8 Å². The van der Waals surface area contributed by atoms with Gasteiger partial charge in [0.1, 0.15) is 17.6 Å². The topological polar surface area (TPSA) is 58.6 Å². The van der Waals surface area contributed by atoms with Crippen LogP contribution in [0.1, 0.15) is 22.8 Å². The third kappa shape index (κ3) is 2.23. The van der Waals surface area contributed by atoms with E-state index >= 15 is 0 Å². The average molecular weight is 293 g/mol. The summed E-state index contributed by atoms with van der Waals surface area (Å²) in [6.45, 7) is 4.73. The van der Waals surface area contributed by atoms with Crippen molar-refractivity contribution in [3.8, 4) is 6.07 Å². The second-order valence-electron chi connectivity index (χ2n) is 5.59. The molecule has 0 atom stereocenters. The number of aromatic nitrogens is 3. The molecule has 112 valence electrons. The van der Waals surface area contributed by atoms with E-state index in [1.54, 1.807) is 0 Å². The van der Waals surface area contributed by atoms with Crippen LogP contribution in [0.3, 0.4) is 0 Å². The van der Waals surface area contributed by atoms with Crippen LogP contribution in [0.25, 0.3) is 11.0 Å². The van der Waals surface area contributed by atoms with Crippen LogP contribution in [0.15, 0.2) is 24.3 Å². The minimum Gasteiger partial charge on any atom is -0.381 e. The Balaban J connectivity index is 1.84. The molecule has 3 rings (SSSR count). The molecule has 2 heterocycles. The van der Waals surface area contributed by atoms with E-state index in [0.29, 0.717) is 12.2 Å². The summed E-state index contributed by atoms with van der Waals surface area (Å²) < 4.78 is 4.00. The zero-order chi connectivity index (χ0) is 15.9. The molecule has 2 aromatic heterocycles. The summed E-state index contributed by atoms with van der Waals surface area (Å²) in [5.41, 5.74) is 6.09. The van der Waals surface area contributed by atoms with Gasteiger partial charge in [0.05, 0.1) is 11.0 Å². The van der Waals surface area contributed by atoms with E-state index < -0.39 is 0 Å². The number of benzene rings is 1. The number of aryl methyl sites for hydroxylation is 2. The Bertz CT molecular complexity index is 892. The van der Waals surface area contributed by atoms with E-state index in [2.05, 4.69) is 39.1 Å². The fourth-order valence-corrected chi connectivity index (χ4v) is 2.68. The molecule has 0 aliphatic heterocycles. The Hall–Kier alpha value is -2.74. The van der Waals surface area contributed by atoms with Gasteiger partial charge in [0.2, 0.25) is 0 Å². The number of imidazole rings is 1. The second-order valence-corrected chi connectivity index (χ2v) is 5.59. The summed E-state index contributed by atoms with van der Waals surface area (Å²) in [7, 11) is 3.94. The molecule has 1 N–H and O–H groups in total. The maximum atomic E-state index is 9.09. The third-order valence-corrected chi connectivity index (χ3v) is 4.34. The molecular weight excluding hydrogens is 274 g/mol. The van der Waals surface area contributed by atoms with Gasteiger partial charge in [-0.2, -0.15) is 5.26 Å². The summed E-state index contributed by atoms with van der Waals surface area (Å²) in [5.74, 6) is 1.00. The number of nitrogens with zero attached hydrogens (tertiary/aromatic N) is 4. The smallest absolute Gasteiger partial charge is 0.120 e. The van der Waals surface area contributed by atoms with Gasteiger partial charge in [0, 0.05) is 32.0 Å². The molecule has 5 nitrogen and oxygen atoms in total. The van der Waals surface area contributed by atoms with E-state index in [1.807, 2.05) is 38.6 Å². The van der Waals surface area contributed by atoms with Gasteiger partial charge >= 0.3 is 0 Å². The first kappa shape index (κ1) is 14.2. The van der Waals surface area contributed by atoms with E-state index in [-0.39, 0.29) is 0 Å². The van der Waals surface area contributed by atoms with Crippen LogP contribution in [0, 0.1) is 25.2 Å². The van der Waals surface area contributed by atoms with Crippen molar-refractivity contribution in [2.45, 2.75) is 20.4 Å². The molecule has 3 aromatic rings. The third-order valence-electron chi connectivity index (χ3n) is 4.34. The molecule has 22 heavy (non-hydrogen) atoms. The normalized spacial score (nSPS) is 10.9. The number of rotatable bonds is 3. The highest BCUT2D eigenvalue weighted by atomic mass is 15.1. The Kier molecular flexibility index (Phi) is 3.38. The predicted octanol–water partition coefficient (Wildman–Crippen LogP) is 3.01. The van der Waals surface area contributed by atoms with Crippen molar-refractivity contribution in [3.05, 3.63) is 47.0 Å². The van der Waals surface area contributed by atoms with Crippen molar-refractivity contribution in [3.63, 3.8) is 0 Å². The number of hydrogen-bond donors (Lipinski definition) is 1. The zero-order valence-corrected chi connectivity index (χ0v) is 13.3. The van der Waals surface area contributed by atoms with Gasteiger partial charge in [-0.3, -0.25) is 0 Å². The van der Waals surface area contributed by atoms with Gasteiger partial charge < -0.3 is 14.5 Å². The van der Waals surface area contributed by atoms with E-state index in [4.69, 9.17) is 5.26 Å². The monoisotopic (exact) mass is 293 g/mol. The maximum Gasteiger partial charge on any atom is 0.120 e. The van der Waals surface area contributed by atoms with Crippen LogP contribution in [0.5, 0.6) is 0 Å². The lowest BCUT2D eigenvalue weighted by Gasteiger charge is -2.07. The van der Waals surface area contributed by atoms with Crippen molar-refractivity contribution < 1.29 is 0 Å². The summed E-state index contributed by atoms with van der Waals surface area (Å²) in [6, 6.07) is 10.3. The molecule has 0 unspecified atom stereocenters. The van der Waals surface area contributed by atoms with Crippen molar-refractivity contribution >= 4 is 16.7 Å². The van der Waals surface area contributed by atoms with E-state index in [9.17, 15) is 0 Å². The molecular formula is C17H19N5. The Morgan fingerprint density at radius 3 is 2.64 bits per heavy atom. The summed E-state index contributed by atoms with van der Waals surface area (Å²) >= 11 is 0. The maximum absolute atomic E-state index is 9.09. The SMILES string of the molecule is Cc1c(CNc2ccc3c(c2)nc(C)n3C)cc(C#N)n1C. The van der Waals surface area contributed by atoms with Crippen LogP contribution < -0.4 is 5.32 Å². The van der Waals surface area contributed by atoms with Gasteiger partial charge in [0.15, 0.2) is 0 Å².